The Kier molecular flexibility index (Phi) is 3.98. The first kappa shape index (κ1) is 10.6. The molecule has 0 atom stereocenters. The number of carbonyl (C=O) groups is 1. The molecule has 0 bridgehead atoms. The van der Waals surface area contributed by atoms with Crippen molar-refractivity contribution < 1.29 is 9.53 Å². The van der Waals surface area contributed by atoms with Crippen molar-refractivity contribution in [2.24, 2.45) is 0 Å². The van der Waals surface area contributed by atoms with Crippen molar-refractivity contribution >= 4 is 5.91 Å². The maximum absolute atomic E-state index is 11.8. The summed E-state index contributed by atoms with van der Waals surface area (Å²) in [7, 11) is 0. The zero-order chi connectivity index (χ0) is 10.4. The third-order valence-corrected chi connectivity index (χ3v) is 2.04. The van der Waals surface area contributed by atoms with Gasteiger partial charge in [-0.05, 0) is 26.0 Å². The Bertz CT molecular complexity index is 286. The van der Waals surface area contributed by atoms with Crippen LogP contribution in [-0.4, -0.2) is 23.9 Å². The Balaban J connectivity index is 2.73. The number of rotatable bonds is 3. The third kappa shape index (κ3) is 2.49. The number of hydrogen-bond acceptors (Lipinski definition) is 2. The van der Waals surface area contributed by atoms with Crippen LogP contribution in [0.3, 0.4) is 0 Å². The van der Waals surface area contributed by atoms with Gasteiger partial charge in [0.2, 0.25) is 0 Å². The Morgan fingerprint density at radius 1 is 1.36 bits per heavy atom. The lowest BCUT2D eigenvalue weighted by Crippen LogP contribution is -2.31. The van der Waals surface area contributed by atoms with Gasteiger partial charge in [0.1, 0.15) is 6.26 Å². The summed E-state index contributed by atoms with van der Waals surface area (Å²) in [6.07, 6.45) is 8.31. The van der Waals surface area contributed by atoms with Crippen molar-refractivity contribution in [3.8, 4) is 0 Å². The summed E-state index contributed by atoms with van der Waals surface area (Å²) in [6.45, 7) is 5.35. The average molecular weight is 193 g/mol. The molecule has 0 N–H and O–H groups in total. The summed E-state index contributed by atoms with van der Waals surface area (Å²) in [5, 5.41) is 0. The molecule has 0 spiro atoms. The van der Waals surface area contributed by atoms with Gasteiger partial charge in [-0.3, -0.25) is 4.79 Å². The zero-order valence-electron chi connectivity index (χ0n) is 8.56. The van der Waals surface area contributed by atoms with Gasteiger partial charge >= 0.3 is 0 Å². The summed E-state index contributed by atoms with van der Waals surface area (Å²) in [5.74, 6) is 0.00921. The maximum atomic E-state index is 11.8. The smallest absolute Gasteiger partial charge is 0.256 e. The Morgan fingerprint density at radius 2 is 2.07 bits per heavy atom. The van der Waals surface area contributed by atoms with E-state index in [1.54, 1.807) is 29.4 Å². The van der Waals surface area contributed by atoms with Gasteiger partial charge in [0.15, 0.2) is 0 Å². The number of nitrogens with zero attached hydrogens (tertiary/aromatic N) is 1. The van der Waals surface area contributed by atoms with Gasteiger partial charge in [-0.25, -0.2) is 0 Å². The summed E-state index contributed by atoms with van der Waals surface area (Å²) in [5.41, 5.74) is 0.582. The molecule has 76 valence electrons. The van der Waals surface area contributed by atoms with E-state index in [1.807, 2.05) is 13.8 Å². The van der Waals surface area contributed by atoms with Crippen LogP contribution in [0.15, 0.2) is 36.3 Å². The van der Waals surface area contributed by atoms with Gasteiger partial charge in [0.05, 0.1) is 11.8 Å². The second-order valence-electron chi connectivity index (χ2n) is 2.87. The third-order valence-electron chi connectivity index (χ3n) is 2.04. The molecule has 1 aliphatic rings. The molecule has 3 nitrogen and oxygen atoms in total. The Labute approximate surface area is 84.3 Å². The summed E-state index contributed by atoms with van der Waals surface area (Å²) in [4.78, 5) is 13.6. The molecule has 3 heteroatoms. The van der Waals surface area contributed by atoms with Crippen LogP contribution in [-0.2, 0) is 9.53 Å². The second-order valence-corrected chi connectivity index (χ2v) is 2.87. The highest BCUT2D eigenvalue weighted by molar-refractivity contribution is 5.96. The van der Waals surface area contributed by atoms with Crippen LogP contribution in [0.1, 0.15) is 13.8 Å². The van der Waals surface area contributed by atoms with Crippen molar-refractivity contribution in [2.45, 2.75) is 13.8 Å². The number of carbonyl (C=O) groups excluding carboxylic acids is 1. The van der Waals surface area contributed by atoms with Crippen LogP contribution in [0.4, 0.5) is 0 Å². The zero-order valence-corrected chi connectivity index (χ0v) is 8.56. The highest BCUT2D eigenvalue weighted by Crippen LogP contribution is 2.07. The molecule has 0 unspecified atom stereocenters. The molecule has 0 aromatic carbocycles. The van der Waals surface area contributed by atoms with Crippen molar-refractivity contribution in [1.29, 1.82) is 0 Å². The minimum Gasteiger partial charge on any atom is -0.472 e. The molecule has 1 aliphatic heterocycles. The molecular weight excluding hydrogens is 178 g/mol. The predicted molar refractivity (Wildman–Crippen MR) is 55.4 cm³/mol. The first-order chi connectivity index (χ1) is 6.79. The van der Waals surface area contributed by atoms with E-state index in [4.69, 9.17) is 4.74 Å². The molecule has 0 aromatic heterocycles. The topological polar surface area (TPSA) is 29.5 Å². The highest BCUT2D eigenvalue weighted by Gasteiger charge is 2.13. The molecule has 0 radical (unpaired) electrons. The van der Waals surface area contributed by atoms with Crippen molar-refractivity contribution in [1.82, 2.24) is 4.90 Å². The summed E-state index contributed by atoms with van der Waals surface area (Å²) >= 11 is 0. The minimum absolute atomic E-state index is 0.00921. The number of ether oxygens (including phenoxy) is 1. The van der Waals surface area contributed by atoms with Gasteiger partial charge < -0.3 is 9.64 Å². The van der Waals surface area contributed by atoms with E-state index in [2.05, 4.69) is 0 Å². The highest BCUT2D eigenvalue weighted by atomic mass is 16.5. The fourth-order valence-corrected chi connectivity index (χ4v) is 1.22. The van der Waals surface area contributed by atoms with Crippen LogP contribution in [0.25, 0.3) is 0 Å². The number of allylic oxidation sites excluding steroid dienone is 2. The molecule has 0 saturated carbocycles. The Hall–Kier alpha value is -1.51. The molecule has 0 fully saturated rings. The standard InChI is InChI=1S/C11H15NO2/c1-3-12(4-2)11(13)10-7-5-6-8-14-9-10/h5-9H,3-4H2,1-2H3. The van der Waals surface area contributed by atoms with Crippen LogP contribution >= 0.6 is 0 Å². The summed E-state index contributed by atoms with van der Waals surface area (Å²) in [6, 6.07) is 0. The lowest BCUT2D eigenvalue weighted by Gasteiger charge is -2.18. The van der Waals surface area contributed by atoms with Crippen molar-refractivity contribution in [2.75, 3.05) is 13.1 Å². The van der Waals surface area contributed by atoms with Crippen LogP contribution in [0.5, 0.6) is 0 Å². The van der Waals surface area contributed by atoms with Crippen LogP contribution in [0.2, 0.25) is 0 Å². The first-order valence-corrected chi connectivity index (χ1v) is 4.77. The SMILES string of the molecule is CCN(CC)C(=O)C1=COC=CC=C1. The van der Waals surface area contributed by atoms with Crippen LogP contribution < -0.4 is 0 Å². The molecule has 14 heavy (non-hydrogen) atoms. The fraction of sp³-hybridized carbons (Fsp3) is 0.364. The van der Waals surface area contributed by atoms with Gasteiger partial charge in [0.25, 0.3) is 5.91 Å². The van der Waals surface area contributed by atoms with Crippen molar-refractivity contribution in [3.63, 3.8) is 0 Å². The molecule has 1 amide bonds. The van der Waals surface area contributed by atoms with Gasteiger partial charge in [-0.2, -0.15) is 0 Å². The van der Waals surface area contributed by atoms with E-state index in [-0.39, 0.29) is 5.91 Å². The number of amides is 1. The monoisotopic (exact) mass is 193 g/mol. The largest absolute Gasteiger partial charge is 0.472 e. The predicted octanol–water partition coefficient (Wildman–Crippen LogP) is 1.84. The van der Waals surface area contributed by atoms with E-state index in [1.165, 1.54) is 6.26 Å². The number of hydrogen-bond donors (Lipinski definition) is 0. The molecule has 1 heterocycles. The van der Waals surface area contributed by atoms with Crippen LogP contribution in [0, 0.1) is 0 Å². The molecule has 1 rings (SSSR count). The summed E-state index contributed by atoms with van der Waals surface area (Å²) < 4.78 is 5.01. The van der Waals surface area contributed by atoms with E-state index in [0.29, 0.717) is 18.7 Å². The molecule has 0 aliphatic carbocycles. The normalized spacial score (nSPS) is 14.3. The fourth-order valence-electron chi connectivity index (χ4n) is 1.22. The van der Waals surface area contributed by atoms with E-state index in [9.17, 15) is 4.79 Å². The lowest BCUT2D eigenvalue weighted by atomic mass is 10.2. The van der Waals surface area contributed by atoms with Gasteiger partial charge in [-0.1, -0.05) is 6.08 Å². The first-order valence-electron chi connectivity index (χ1n) is 4.77. The second kappa shape index (κ2) is 5.27. The minimum atomic E-state index is 0.00921. The van der Waals surface area contributed by atoms with E-state index >= 15 is 0 Å². The van der Waals surface area contributed by atoms with Gasteiger partial charge in [0, 0.05) is 13.1 Å². The molecule has 0 saturated heterocycles. The van der Waals surface area contributed by atoms with E-state index in [0.717, 1.165) is 0 Å². The lowest BCUT2D eigenvalue weighted by molar-refractivity contribution is -0.126. The van der Waals surface area contributed by atoms with Crippen molar-refractivity contribution in [3.05, 3.63) is 36.3 Å². The van der Waals surface area contributed by atoms with Gasteiger partial charge in [-0.15, -0.1) is 0 Å². The number of likely N-dealkylation sites (N-methyl/N-ethyl adjacent to an activating group) is 1. The molecule has 0 aromatic rings. The van der Waals surface area contributed by atoms with E-state index < -0.39 is 0 Å². The quantitative estimate of drug-likeness (QED) is 0.684. The average Bonchev–Trinajstić information content (AvgIpc) is 2.47. The Morgan fingerprint density at radius 3 is 2.71 bits per heavy atom. The maximum Gasteiger partial charge on any atom is 0.256 e. The molecular formula is C11H15NO2.